The predicted molar refractivity (Wildman–Crippen MR) is 91.0 cm³/mol. The quantitative estimate of drug-likeness (QED) is 0.832. The smallest absolute Gasteiger partial charge is 0.338 e. The molecule has 1 amide bonds. The van der Waals surface area contributed by atoms with Gasteiger partial charge in [0.1, 0.15) is 0 Å². The van der Waals surface area contributed by atoms with Crippen LogP contribution in [0.4, 0.5) is 11.4 Å². The molecule has 0 saturated carbocycles. The normalized spacial score (nSPS) is 17.3. The fourth-order valence-electron chi connectivity index (χ4n) is 2.53. The molecule has 1 aliphatic rings. The first-order chi connectivity index (χ1) is 11.0. The van der Waals surface area contributed by atoms with Crippen molar-refractivity contribution in [3.63, 3.8) is 0 Å². The number of nitrogens with one attached hydrogen (secondary N) is 1. The summed E-state index contributed by atoms with van der Waals surface area (Å²) in [6, 6.07) is 5.07. The fraction of sp³-hybridized carbons (Fsp3) is 0.438. The first-order valence-corrected chi connectivity index (χ1v) is 8.30. The number of carbonyl (C=O) groups is 3. The van der Waals surface area contributed by atoms with E-state index in [0.717, 1.165) is 5.69 Å². The monoisotopic (exact) mass is 336 g/mol. The summed E-state index contributed by atoms with van der Waals surface area (Å²) in [6.07, 6.45) is 0.317. The fourth-order valence-corrected chi connectivity index (χ4v) is 3.45. The minimum atomic E-state index is -0.419. The number of hydrogen-bond acceptors (Lipinski definition) is 6. The number of esters is 1. The number of nitrogens with zero attached hydrogens (tertiary/aromatic N) is 1. The molecule has 1 aromatic carbocycles. The van der Waals surface area contributed by atoms with Crippen molar-refractivity contribution < 1.29 is 19.1 Å². The van der Waals surface area contributed by atoms with Crippen LogP contribution in [0.1, 0.15) is 30.6 Å². The third kappa shape index (κ3) is 4.04. The number of benzene rings is 1. The molecule has 1 unspecified atom stereocenters. The van der Waals surface area contributed by atoms with E-state index >= 15 is 0 Å². The van der Waals surface area contributed by atoms with Crippen molar-refractivity contribution in [1.82, 2.24) is 0 Å². The summed E-state index contributed by atoms with van der Waals surface area (Å²) in [5, 5.41) is 2.97. The minimum absolute atomic E-state index is 0.00114. The number of amides is 1. The van der Waals surface area contributed by atoms with E-state index in [-0.39, 0.29) is 16.3 Å². The van der Waals surface area contributed by atoms with Crippen LogP contribution in [0.3, 0.4) is 0 Å². The molecule has 1 aromatic rings. The van der Waals surface area contributed by atoms with Crippen LogP contribution in [-0.4, -0.2) is 42.4 Å². The lowest BCUT2D eigenvalue weighted by atomic mass is 10.1. The standard InChI is InChI=1S/C16H20N2O4S/c1-4-22-16(21)11-5-6-13(17-3)14(7-11)18-9-12(8-15(18)20)23-10(2)19/h5-7,12,17H,4,8-9H2,1-3H3. The number of thioether (sulfide) groups is 1. The molecule has 1 N–H and O–H groups in total. The Balaban J connectivity index is 2.29. The van der Waals surface area contributed by atoms with Crippen LogP contribution >= 0.6 is 11.8 Å². The Kier molecular flexibility index (Phi) is 5.65. The molecule has 1 heterocycles. The van der Waals surface area contributed by atoms with Gasteiger partial charge in [-0.15, -0.1) is 0 Å². The van der Waals surface area contributed by atoms with Crippen molar-refractivity contribution in [2.45, 2.75) is 25.5 Å². The highest BCUT2D eigenvalue weighted by molar-refractivity contribution is 8.14. The predicted octanol–water partition coefficient (Wildman–Crippen LogP) is 2.29. The van der Waals surface area contributed by atoms with E-state index in [2.05, 4.69) is 5.32 Å². The second kappa shape index (κ2) is 7.50. The first-order valence-electron chi connectivity index (χ1n) is 7.42. The second-order valence-electron chi connectivity index (χ2n) is 5.14. The molecule has 1 fully saturated rings. The molecule has 124 valence electrons. The summed E-state index contributed by atoms with van der Waals surface area (Å²) in [5.41, 5.74) is 1.78. The van der Waals surface area contributed by atoms with Gasteiger partial charge in [0.05, 0.1) is 23.5 Å². The lowest BCUT2D eigenvalue weighted by Crippen LogP contribution is -2.26. The van der Waals surface area contributed by atoms with Crippen LogP contribution in [0.15, 0.2) is 18.2 Å². The molecule has 1 aliphatic heterocycles. The topological polar surface area (TPSA) is 75.7 Å². The van der Waals surface area contributed by atoms with Crippen LogP contribution in [0.5, 0.6) is 0 Å². The maximum atomic E-state index is 12.3. The van der Waals surface area contributed by atoms with E-state index in [0.29, 0.717) is 30.8 Å². The Morgan fingerprint density at radius 1 is 1.43 bits per heavy atom. The largest absolute Gasteiger partial charge is 0.462 e. The Hall–Kier alpha value is -2.02. The molecule has 6 nitrogen and oxygen atoms in total. The summed E-state index contributed by atoms with van der Waals surface area (Å²) in [4.78, 5) is 37.1. The second-order valence-corrected chi connectivity index (χ2v) is 6.62. The highest BCUT2D eigenvalue weighted by Crippen LogP contribution is 2.34. The molecule has 1 saturated heterocycles. The molecule has 0 spiro atoms. The number of rotatable bonds is 5. The third-order valence-corrected chi connectivity index (χ3v) is 4.47. The highest BCUT2D eigenvalue weighted by atomic mass is 32.2. The lowest BCUT2D eigenvalue weighted by Gasteiger charge is -2.21. The average Bonchev–Trinajstić information content (AvgIpc) is 2.86. The zero-order chi connectivity index (χ0) is 17.0. The average molecular weight is 336 g/mol. The van der Waals surface area contributed by atoms with Gasteiger partial charge in [0, 0.05) is 32.2 Å². The number of ether oxygens (including phenoxy) is 1. The number of hydrogen-bond donors (Lipinski definition) is 1. The van der Waals surface area contributed by atoms with Crippen LogP contribution in [0.2, 0.25) is 0 Å². The van der Waals surface area contributed by atoms with Crippen LogP contribution in [0, 0.1) is 0 Å². The molecule has 23 heavy (non-hydrogen) atoms. The van der Waals surface area contributed by atoms with Gasteiger partial charge in [-0.05, 0) is 25.1 Å². The van der Waals surface area contributed by atoms with Gasteiger partial charge in [0.2, 0.25) is 5.91 Å². The van der Waals surface area contributed by atoms with Crippen LogP contribution in [0.25, 0.3) is 0 Å². The van der Waals surface area contributed by atoms with Gasteiger partial charge in [-0.3, -0.25) is 9.59 Å². The maximum absolute atomic E-state index is 12.3. The van der Waals surface area contributed by atoms with E-state index in [1.807, 2.05) is 0 Å². The van der Waals surface area contributed by atoms with Crippen molar-refractivity contribution in [2.75, 3.05) is 30.4 Å². The van der Waals surface area contributed by atoms with Crippen molar-refractivity contribution in [3.8, 4) is 0 Å². The van der Waals surface area contributed by atoms with Crippen molar-refractivity contribution in [2.24, 2.45) is 0 Å². The lowest BCUT2D eigenvalue weighted by molar-refractivity contribution is -0.117. The molecular formula is C16H20N2O4S. The van der Waals surface area contributed by atoms with Gasteiger partial charge in [-0.1, -0.05) is 11.8 Å². The summed E-state index contributed by atoms with van der Waals surface area (Å²) in [6.45, 7) is 3.98. The Labute approximate surface area is 139 Å². The molecule has 1 atom stereocenters. The van der Waals surface area contributed by atoms with Crippen LogP contribution in [-0.2, 0) is 14.3 Å². The summed E-state index contributed by atoms with van der Waals surface area (Å²) in [7, 11) is 1.76. The number of carbonyl (C=O) groups excluding carboxylic acids is 3. The SMILES string of the molecule is CCOC(=O)c1ccc(NC)c(N2CC(SC(C)=O)CC2=O)c1. The Morgan fingerprint density at radius 3 is 2.78 bits per heavy atom. The van der Waals surface area contributed by atoms with Gasteiger partial charge < -0.3 is 15.0 Å². The molecule has 0 aromatic heterocycles. The van der Waals surface area contributed by atoms with Gasteiger partial charge in [0.15, 0.2) is 5.12 Å². The van der Waals surface area contributed by atoms with E-state index < -0.39 is 5.97 Å². The van der Waals surface area contributed by atoms with Crippen molar-refractivity contribution in [1.29, 1.82) is 0 Å². The number of anilines is 2. The first kappa shape index (κ1) is 17.3. The molecule has 7 heteroatoms. The van der Waals surface area contributed by atoms with Gasteiger partial charge in [0.25, 0.3) is 0 Å². The van der Waals surface area contributed by atoms with Crippen molar-refractivity contribution >= 4 is 40.1 Å². The summed E-state index contributed by atoms with van der Waals surface area (Å²) in [5.74, 6) is -0.473. The van der Waals surface area contributed by atoms with Crippen LogP contribution < -0.4 is 10.2 Å². The van der Waals surface area contributed by atoms with E-state index in [1.54, 1.807) is 37.1 Å². The van der Waals surface area contributed by atoms with Gasteiger partial charge >= 0.3 is 5.97 Å². The molecule has 0 aliphatic carbocycles. The van der Waals surface area contributed by atoms with E-state index in [9.17, 15) is 14.4 Å². The molecular weight excluding hydrogens is 316 g/mol. The summed E-state index contributed by atoms with van der Waals surface area (Å²) >= 11 is 1.18. The molecule has 2 rings (SSSR count). The highest BCUT2D eigenvalue weighted by Gasteiger charge is 2.33. The zero-order valence-electron chi connectivity index (χ0n) is 13.4. The minimum Gasteiger partial charge on any atom is -0.462 e. The summed E-state index contributed by atoms with van der Waals surface area (Å²) < 4.78 is 5.01. The molecule has 0 bridgehead atoms. The maximum Gasteiger partial charge on any atom is 0.338 e. The van der Waals surface area contributed by atoms with E-state index in [1.165, 1.54) is 18.7 Å². The van der Waals surface area contributed by atoms with Crippen molar-refractivity contribution in [3.05, 3.63) is 23.8 Å². The van der Waals surface area contributed by atoms with E-state index in [4.69, 9.17) is 4.74 Å². The van der Waals surface area contributed by atoms with Gasteiger partial charge in [-0.25, -0.2) is 4.79 Å². The Bertz CT molecular complexity index is 633. The third-order valence-electron chi connectivity index (χ3n) is 3.49. The zero-order valence-corrected chi connectivity index (χ0v) is 14.2. The molecule has 0 radical (unpaired) electrons. The van der Waals surface area contributed by atoms with Gasteiger partial charge in [-0.2, -0.15) is 0 Å². The Morgan fingerprint density at radius 2 is 2.17 bits per heavy atom.